The van der Waals surface area contributed by atoms with E-state index < -0.39 is 23.1 Å². The van der Waals surface area contributed by atoms with E-state index in [0.717, 1.165) is 0 Å². The van der Waals surface area contributed by atoms with Gasteiger partial charge in [0.2, 0.25) is 0 Å². The lowest BCUT2D eigenvalue weighted by molar-refractivity contribution is -0.227. The van der Waals surface area contributed by atoms with Gasteiger partial charge in [0.05, 0.1) is 7.11 Å². The Morgan fingerprint density at radius 1 is 1.44 bits per heavy atom. The van der Waals surface area contributed by atoms with Crippen molar-refractivity contribution in [3.63, 3.8) is 0 Å². The predicted molar refractivity (Wildman–Crippen MR) is 55.2 cm³/mol. The molecule has 1 N–H and O–H groups in total. The van der Waals surface area contributed by atoms with Crippen molar-refractivity contribution < 1.29 is 24.2 Å². The van der Waals surface area contributed by atoms with E-state index in [0.29, 0.717) is 11.1 Å². The van der Waals surface area contributed by atoms with Crippen LogP contribution in [0.1, 0.15) is 27.7 Å². The Kier molecular flexibility index (Phi) is 2.85. The maximum atomic E-state index is 11.6. The Hall–Kier alpha value is -1.36. The molecule has 0 fully saturated rings. The van der Waals surface area contributed by atoms with Crippen LogP contribution >= 0.6 is 0 Å². The number of carbonyl (C=O) groups excluding carboxylic acids is 2. The molecular formula is C11H16O5. The quantitative estimate of drug-likeness (QED) is 0.706. The van der Waals surface area contributed by atoms with Crippen LogP contribution in [0, 0.1) is 5.41 Å². The number of ether oxygens (including phenoxy) is 2. The number of cyclic esters (lactones) is 1. The molecule has 5 heteroatoms. The molecule has 1 rings (SSSR count). The van der Waals surface area contributed by atoms with E-state index >= 15 is 0 Å². The number of esters is 2. The van der Waals surface area contributed by atoms with Crippen molar-refractivity contribution in [2.45, 2.75) is 33.5 Å². The first kappa shape index (κ1) is 12.7. The molecule has 0 aromatic carbocycles. The van der Waals surface area contributed by atoms with Crippen LogP contribution in [0.25, 0.3) is 0 Å². The second kappa shape index (κ2) is 3.59. The van der Waals surface area contributed by atoms with Gasteiger partial charge in [-0.05, 0) is 27.7 Å². The molecule has 0 saturated carbocycles. The number of methoxy groups -OCH3 is 1. The normalized spacial score (nSPS) is 25.8. The van der Waals surface area contributed by atoms with Crippen LogP contribution < -0.4 is 0 Å². The number of aliphatic hydroxyl groups is 1. The third-order valence-electron chi connectivity index (χ3n) is 3.16. The van der Waals surface area contributed by atoms with E-state index in [2.05, 4.69) is 4.74 Å². The topological polar surface area (TPSA) is 72.8 Å². The van der Waals surface area contributed by atoms with Crippen LogP contribution in [-0.4, -0.2) is 29.9 Å². The summed E-state index contributed by atoms with van der Waals surface area (Å²) in [5, 5.41) is 10.3. The van der Waals surface area contributed by atoms with E-state index in [9.17, 15) is 14.7 Å². The fourth-order valence-corrected chi connectivity index (χ4v) is 1.68. The van der Waals surface area contributed by atoms with E-state index in [1.165, 1.54) is 21.0 Å². The summed E-state index contributed by atoms with van der Waals surface area (Å²) < 4.78 is 9.50. The molecule has 1 unspecified atom stereocenters. The van der Waals surface area contributed by atoms with Crippen LogP contribution in [0.3, 0.4) is 0 Å². The first-order chi connectivity index (χ1) is 7.18. The van der Waals surface area contributed by atoms with Crippen LogP contribution in [0.15, 0.2) is 11.1 Å². The Morgan fingerprint density at radius 2 is 1.94 bits per heavy atom. The van der Waals surface area contributed by atoms with Gasteiger partial charge in [-0.3, -0.25) is 4.79 Å². The average Bonchev–Trinajstić information content (AvgIpc) is 2.42. The SMILES string of the molecule is COC(=O)C(C)(C)C1(O)OC(=O)C(C)=C1C. The Balaban J connectivity index is 3.24. The molecule has 1 atom stereocenters. The highest BCUT2D eigenvalue weighted by atomic mass is 16.7. The van der Waals surface area contributed by atoms with Crippen molar-refractivity contribution in [3.05, 3.63) is 11.1 Å². The van der Waals surface area contributed by atoms with Crippen molar-refractivity contribution >= 4 is 11.9 Å². The van der Waals surface area contributed by atoms with Gasteiger partial charge in [0.1, 0.15) is 5.41 Å². The van der Waals surface area contributed by atoms with E-state index in [4.69, 9.17) is 4.74 Å². The zero-order chi connectivity index (χ0) is 12.7. The van der Waals surface area contributed by atoms with Crippen molar-refractivity contribution in [3.8, 4) is 0 Å². The minimum absolute atomic E-state index is 0.319. The lowest BCUT2D eigenvalue weighted by atomic mass is 9.79. The Labute approximate surface area is 94.0 Å². The fourth-order valence-electron chi connectivity index (χ4n) is 1.68. The molecule has 0 radical (unpaired) electrons. The largest absolute Gasteiger partial charge is 0.468 e. The average molecular weight is 228 g/mol. The Morgan fingerprint density at radius 3 is 2.25 bits per heavy atom. The second-order valence-electron chi connectivity index (χ2n) is 4.40. The summed E-state index contributed by atoms with van der Waals surface area (Å²) in [5.74, 6) is -3.19. The molecule has 16 heavy (non-hydrogen) atoms. The van der Waals surface area contributed by atoms with Crippen molar-refractivity contribution in [2.75, 3.05) is 7.11 Å². The van der Waals surface area contributed by atoms with Crippen molar-refractivity contribution in [2.24, 2.45) is 5.41 Å². The zero-order valence-electron chi connectivity index (χ0n) is 10.1. The van der Waals surface area contributed by atoms with Crippen molar-refractivity contribution in [1.82, 2.24) is 0 Å². The fraction of sp³-hybridized carbons (Fsp3) is 0.636. The maximum Gasteiger partial charge on any atom is 0.336 e. The summed E-state index contributed by atoms with van der Waals surface area (Å²) in [6.45, 7) is 6.04. The number of rotatable bonds is 2. The maximum absolute atomic E-state index is 11.6. The van der Waals surface area contributed by atoms with E-state index in [1.807, 2.05) is 0 Å². The summed E-state index contributed by atoms with van der Waals surface area (Å²) in [6, 6.07) is 0. The molecule has 0 aromatic rings. The van der Waals surface area contributed by atoms with Crippen LogP contribution in [-0.2, 0) is 19.1 Å². The van der Waals surface area contributed by atoms with Crippen LogP contribution in [0.2, 0.25) is 0 Å². The highest BCUT2D eigenvalue weighted by molar-refractivity contribution is 5.93. The van der Waals surface area contributed by atoms with Gasteiger partial charge in [-0.2, -0.15) is 0 Å². The van der Waals surface area contributed by atoms with Gasteiger partial charge in [0.15, 0.2) is 0 Å². The summed E-state index contributed by atoms with van der Waals surface area (Å²) in [6.07, 6.45) is 0. The molecule has 90 valence electrons. The molecule has 0 amide bonds. The molecule has 0 bridgehead atoms. The molecular weight excluding hydrogens is 212 g/mol. The molecule has 5 nitrogen and oxygen atoms in total. The minimum atomic E-state index is -1.93. The third-order valence-corrected chi connectivity index (χ3v) is 3.16. The number of hydrogen-bond acceptors (Lipinski definition) is 5. The van der Waals surface area contributed by atoms with Crippen LogP contribution in [0.5, 0.6) is 0 Å². The molecule has 1 aliphatic heterocycles. The number of hydrogen-bond donors (Lipinski definition) is 1. The molecule has 0 saturated heterocycles. The molecule has 0 spiro atoms. The highest BCUT2D eigenvalue weighted by Gasteiger charge is 2.58. The standard InChI is InChI=1S/C11H16O5/c1-6-7(2)11(14,16-8(6)12)10(3,4)9(13)15-5/h14H,1-5H3. The summed E-state index contributed by atoms with van der Waals surface area (Å²) >= 11 is 0. The van der Waals surface area contributed by atoms with Gasteiger partial charge in [-0.1, -0.05) is 0 Å². The van der Waals surface area contributed by atoms with Gasteiger partial charge in [0, 0.05) is 11.1 Å². The van der Waals surface area contributed by atoms with Gasteiger partial charge >= 0.3 is 11.9 Å². The third kappa shape index (κ3) is 1.43. The summed E-state index contributed by atoms with van der Waals surface area (Å²) in [5.41, 5.74) is -0.688. The highest BCUT2D eigenvalue weighted by Crippen LogP contribution is 2.44. The first-order valence-electron chi connectivity index (χ1n) is 4.90. The van der Waals surface area contributed by atoms with Gasteiger partial charge in [0.25, 0.3) is 5.79 Å². The monoisotopic (exact) mass is 228 g/mol. The lowest BCUT2D eigenvalue weighted by Gasteiger charge is -2.36. The molecule has 0 aromatic heterocycles. The smallest absolute Gasteiger partial charge is 0.336 e. The van der Waals surface area contributed by atoms with Gasteiger partial charge in [-0.25, -0.2) is 4.79 Å². The minimum Gasteiger partial charge on any atom is -0.468 e. The lowest BCUT2D eigenvalue weighted by Crippen LogP contribution is -2.51. The molecule has 1 aliphatic rings. The molecule has 0 aliphatic carbocycles. The van der Waals surface area contributed by atoms with Gasteiger partial charge < -0.3 is 14.6 Å². The van der Waals surface area contributed by atoms with Crippen molar-refractivity contribution in [1.29, 1.82) is 0 Å². The Bertz CT molecular complexity index is 380. The van der Waals surface area contributed by atoms with E-state index in [-0.39, 0.29) is 0 Å². The molecule has 1 heterocycles. The first-order valence-corrected chi connectivity index (χ1v) is 4.90. The number of carbonyl (C=O) groups is 2. The summed E-state index contributed by atoms with van der Waals surface area (Å²) in [4.78, 5) is 23.0. The summed E-state index contributed by atoms with van der Waals surface area (Å²) in [7, 11) is 1.22. The van der Waals surface area contributed by atoms with Crippen LogP contribution in [0.4, 0.5) is 0 Å². The van der Waals surface area contributed by atoms with E-state index in [1.54, 1.807) is 13.8 Å². The second-order valence-corrected chi connectivity index (χ2v) is 4.40. The zero-order valence-corrected chi connectivity index (χ0v) is 10.1. The predicted octanol–water partition coefficient (Wildman–Crippen LogP) is 0.767. The van der Waals surface area contributed by atoms with Gasteiger partial charge in [-0.15, -0.1) is 0 Å².